The molecule has 0 radical (unpaired) electrons. The van der Waals surface area contributed by atoms with Crippen molar-refractivity contribution in [3.8, 4) is 11.5 Å². The summed E-state index contributed by atoms with van der Waals surface area (Å²) in [5.41, 5.74) is 1.43. The van der Waals surface area contributed by atoms with Crippen molar-refractivity contribution < 1.29 is 23.8 Å². The van der Waals surface area contributed by atoms with Crippen molar-refractivity contribution in [2.45, 2.75) is 26.7 Å². The molecule has 0 saturated heterocycles. The topological polar surface area (TPSA) is 74.2 Å². The molecule has 0 fully saturated rings. The molecule has 0 bridgehead atoms. The van der Waals surface area contributed by atoms with Crippen LogP contribution in [0, 0.1) is 0 Å². The second-order valence-electron chi connectivity index (χ2n) is 7.35. The molecule has 0 spiro atoms. The number of carbonyl (C=O) groups is 2. The number of carbonyl (C=O) groups excluding carboxylic acids is 2. The maximum Gasteiger partial charge on any atom is 0.363 e. The quantitative estimate of drug-likeness (QED) is 0.246. The van der Waals surface area contributed by atoms with Crippen LogP contribution in [0.4, 0.5) is 0 Å². The zero-order valence-electron chi connectivity index (χ0n) is 18.3. The van der Waals surface area contributed by atoms with Crippen molar-refractivity contribution in [3.63, 3.8) is 0 Å². The third-order valence-electron chi connectivity index (χ3n) is 4.95. The lowest BCUT2D eigenvalue weighted by Gasteiger charge is -2.13. The van der Waals surface area contributed by atoms with E-state index in [-0.39, 0.29) is 28.8 Å². The first-order valence-corrected chi connectivity index (χ1v) is 11.1. The van der Waals surface area contributed by atoms with Gasteiger partial charge in [-0.15, -0.1) is 0 Å². The third kappa shape index (κ3) is 4.91. The van der Waals surface area contributed by atoms with Gasteiger partial charge in [-0.3, -0.25) is 4.79 Å². The molecule has 0 saturated carbocycles. The van der Waals surface area contributed by atoms with Crippen LogP contribution in [-0.4, -0.2) is 24.4 Å². The van der Waals surface area contributed by atoms with Crippen LogP contribution >= 0.6 is 11.6 Å². The Morgan fingerprint density at radius 2 is 1.91 bits per heavy atom. The van der Waals surface area contributed by atoms with Crippen molar-refractivity contribution in [3.05, 3.63) is 76.4 Å². The summed E-state index contributed by atoms with van der Waals surface area (Å²) in [5, 5.41) is 2.15. The van der Waals surface area contributed by atoms with Gasteiger partial charge in [0.05, 0.1) is 11.6 Å². The summed E-state index contributed by atoms with van der Waals surface area (Å²) < 4.78 is 16.5. The fourth-order valence-electron chi connectivity index (χ4n) is 3.50. The predicted octanol–water partition coefficient (Wildman–Crippen LogP) is 5.94. The second-order valence-corrected chi connectivity index (χ2v) is 7.76. The smallest absolute Gasteiger partial charge is 0.363 e. The van der Waals surface area contributed by atoms with Crippen molar-refractivity contribution in [2.24, 2.45) is 4.99 Å². The van der Waals surface area contributed by atoms with Gasteiger partial charge in [-0.1, -0.05) is 54.9 Å². The molecule has 0 amide bonds. The van der Waals surface area contributed by atoms with E-state index in [1.807, 2.05) is 56.3 Å². The van der Waals surface area contributed by atoms with Gasteiger partial charge in [-0.25, -0.2) is 9.79 Å². The van der Waals surface area contributed by atoms with Gasteiger partial charge in [0.25, 0.3) is 0 Å². The molecule has 1 heterocycles. The van der Waals surface area contributed by atoms with Gasteiger partial charge < -0.3 is 14.2 Å². The number of esters is 2. The zero-order chi connectivity index (χ0) is 23.4. The number of hydrogen-bond donors (Lipinski definition) is 0. The molecule has 6 nitrogen and oxygen atoms in total. The molecule has 4 rings (SSSR count). The monoisotopic (exact) mass is 463 g/mol. The maximum absolute atomic E-state index is 12.5. The van der Waals surface area contributed by atoms with Gasteiger partial charge in [-0.2, -0.15) is 0 Å². The van der Waals surface area contributed by atoms with Crippen molar-refractivity contribution in [2.75, 3.05) is 6.61 Å². The fraction of sp³-hybridized carbons (Fsp3) is 0.192. The highest BCUT2D eigenvalue weighted by Crippen LogP contribution is 2.38. The van der Waals surface area contributed by atoms with Crippen molar-refractivity contribution in [1.82, 2.24) is 0 Å². The SMILES string of the molecule is CCCC(=O)Oc1c(Cl)cc(/C=C2\N=C(c3cccc4ccccc34)OC2=O)cc1OCC. The lowest BCUT2D eigenvalue weighted by Crippen LogP contribution is -2.09. The van der Waals surface area contributed by atoms with E-state index in [9.17, 15) is 9.59 Å². The molecule has 7 heteroatoms. The van der Waals surface area contributed by atoms with E-state index in [1.54, 1.807) is 18.2 Å². The van der Waals surface area contributed by atoms with E-state index in [4.69, 9.17) is 25.8 Å². The molecular formula is C26H22ClNO5. The molecule has 1 aliphatic rings. The van der Waals surface area contributed by atoms with Gasteiger partial charge in [0.15, 0.2) is 17.2 Å². The van der Waals surface area contributed by atoms with Gasteiger partial charge in [0.2, 0.25) is 5.90 Å². The number of rotatable bonds is 7. The minimum absolute atomic E-state index is 0.132. The number of halogens is 1. The molecule has 0 aliphatic carbocycles. The highest BCUT2D eigenvalue weighted by atomic mass is 35.5. The number of benzene rings is 3. The first-order valence-electron chi connectivity index (χ1n) is 10.7. The number of ether oxygens (including phenoxy) is 3. The Morgan fingerprint density at radius 1 is 1.12 bits per heavy atom. The molecule has 33 heavy (non-hydrogen) atoms. The summed E-state index contributed by atoms with van der Waals surface area (Å²) in [6, 6.07) is 16.8. The van der Waals surface area contributed by atoms with Crippen LogP contribution in [0.1, 0.15) is 37.8 Å². The summed E-state index contributed by atoms with van der Waals surface area (Å²) in [5.74, 6) is -0.246. The third-order valence-corrected chi connectivity index (χ3v) is 5.23. The molecule has 0 N–H and O–H groups in total. The fourth-order valence-corrected chi connectivity index (χ4v) is 3.75. The van der Waals surface area contributed by atoms with Crippen LogP contribution in [-0.2, 0) is 14.3 Å². The average Bonchev–Trinajstić information content (AvgIpc) is 3.16. The summed E-state index contributed by atoms with van der Waals surface area (Å²) in [6.07, 6.45) is 2.49. The largest absolute Gasteiger partial charge is 0.490 e. The van der Waals surface area contributed by atoms with E-state index < -0.39 is 11.9 Å². The minimum Gasteiger partial charge on any atom is -0.490 e. The molecule has 3 aromatic carbocycles. The number of fused-ring (bicyclic) bond motifs is 1. The normalized spacial score (nSPS) is 14.3. The molecule has 168 valence electrons. The summed E-state index contributed by atoms with van der Waals surface area (Å²) in [7, 11) is 0. The number of cyclic esters (lactones) is 1. The lowest BCUT2D eigenvalue weighted by molar-refractivity contribution is -0.134. The molecule has 0 atom stereocenters. The van der Waals surface area contributed by atoms with Crippen LogP contribution in [0.2, 0.25) is 5.02 Å². The van der Waals surface area contributed by atoms with Crippen molar-refractivity contribution in [1.29, 1.82) is 0 Å². The van der Waals surface area contributed by atoms with Gasteiger partial charge in [0, 0.05) is 12.0 Å². The summed E-state index contributed by atoms with van der Waals surface area (Å²) in [6.45, 7) is 4.04. The summed E-state index contributed by atoms with van der Waals surface area (Å²) >= 11 is 6.39. The van der Waals surface area contributed by atoms with E-state index in [0.29, 0.717) is 24.3 Å². The van der Waals surface area contributed by atoms with Gasteiger partial charge in [0.1, 0.15) is 0 Å². The number of nitrogens with zero attached hydrogens (tertiary/aromatic N) is 1. The Hall–Kier alpha value is -3.64. The van der Waals surface area contributed by atoms with Crippen LogP contribution in [0.25, 0.3) is 16.8 Å². The molecular weight excluding hydrogens is 442 g/mol. The van der Waals surface area contributed by atoms with E-state index in [1.165, 1.54) is 0 Å². The first kappa shape index (κ1) is 22.6. The molecule has 0 unspecified atom stereocenters. The number of aliphatic imine (C=N–C) groups is 1. The molecule has 1 aliphatic heterocycles. The molecule has 0 aromatic heterocycles. The van der Waals surface area contributed by atoms with E-state index >= 15 is 0 Å². The van der Waals surface area contributed by atoms with E-state index in [0.717, 1.165) is 16.3 Å². The van der Waals surface area contributed by atoms with Crippen LogP contribution < -0.4 is 9.47 Å². The Morgan fingerprint density at radius 3 is 2.70 bits per heavy atom. The van der Waals surface area contributed by atoms with Crippen molar-refractivity contribution >= 4 is 46.3 Å². The molecule has 3 aromatic rings. The minimum atomic E-state index is -0.564. The second kappa shape index (κ2) is 9.88. The predicted molar refractivity (Wildman–Crippen MR) is 128 cm³/mol. The summed E-state index contributed by atoms with van der Waals surface area (Å²) in [4.78, 5) is 28.9. The highest BCUT2D eigenvalue weighted by molar-refractivity contribution is 6.32. The Kier molecular flexibility index (Phi) is 6.75. The maximum atomic E-state index is 12.5. The zero-order valence-corrected chi connectivity index (χ0v) is 19.0. The Balaban J connectivity index is 1.70. The number of hydrogen-bond acceptors (Lipinski definition) is 6. The van der Waals surface area contributed by atoms with Crippen LogP contribution in [0.3, 0.4) is 0 Å². The first-order chi connectivity index (χ1) is 16.0. The van der Waals surface area contributed by atoms with Gasteiger partial charge in [-0.05, 0) is 54.0 Å². The average molecular weight is 464 g/mol. The van der Waals surface area contributed by atoms with Crippen LogP contribution in [0.5, 0.6) is 11.5 Å². The highest BCUT2D eigenvalue weighted by Gasteiger charge is 2.26. The Bertz CT molecular complexity index is 1290. The standard InChI is InChI=1S/C26H22ClNO5/c1-3-8-23(29)32-24-20(27)13-16(15-22(24)31-4-2)14-21-26(30)33-25(28-21)19-12-7-10-17-9-5-6-11-18(17)19/h5-7,9-15H,3-4,8H2,1-2H3/b21-14-. The Labute approximate surface area is 196 Å². The van der Waals surface area contributed by atoms with Crippen LogP contribution in [0.15, 0.2) is 65.3 Å². The van der Waals surface area contributed by atoms with E-state index in [2.05, 4.69) is 4.99 Å². The van der Waals surface area contributed by atoms with Gasteiger partial charge >= 0.3 is 11.9 Å². The lowest BCUT2D eigenvalue weighted by atomic mass is 10.0.